The van der Waals surface area contributed by atoms with Crippen molar-refractivity contribution in [2.75, 3.05) is 6.61 Å². The van der Waals surface area contributed by atoms with Crippen LogP contribution in [0, 0.1) is 11.3 Å². The SMILES string of the molecule is CCCOc1ccc(C(=O)Oc2ccc3c(c2)OC(N)=C(C#N)C3c2ccc(Cl)c(Cl)c2)cc1. The van der Waals surface area contributed by atoms with E-state index in [-0.39, 0.29) is 17.2 Å². The minimum absolute atomic E-state index is 0.0304. The topological polar surface area (TPSA) is 94.6 Å². The molecule has 0 fully saturated rings. The Morgan fingerprint density at radius 2 is 1.79 bits per heavy atom. The molecule has 1 heterocycles. The van der Waals surface area contributed by atoms with Gasteiger partial charge in [-0.2, -0.15) is 5.26 Å². The number of rotatable bonds is 6. The van der Waals surface area contributed by atoms with Crippen LogP contribution in [0.5, 0.6) is 17.2 Å². The Balaban J connectivity index is 1.60. The largest absolute Gasteiger partial charge is 0.494 e. The van der Waals surface area contributed by atoms with Crippen molar-refractivity contribution in [2.24, 2.45) is 5.73 Å². The van der Waals surface area contributed by atoms with E-state index in [2.05, 4.69) is 6.07 Å². The molecule has 0 aliphatic carbocycles. The van der Waals surface area contributed by atoms with Crippen LogP contribution < -0.4 is 19.9 Å². The van der Waals surface area contributed by atoms with Crippen molar-refractivity contribution in [1.82, 2.24) is 0 Å². The Labute approximate surface area is 207 Å². The summed E-state index contributed by atoms with van der Waals surface area (Å²) in [5.41, 5.74) is 8.09. The first-order chi connectivity index (χ1) is 16.4. The smallest absolute Gasteiger partial charge is 0.343 e. The number of nitrogens with zero attached hydrogens (tertiary/aromatic N) is 1. The average molecular weight is 495 g/mol. The van der Waals surface area contributed by atoms with E-state index in [0.29, 0.717) is 39.3 Å². The summed E-state index contributed by atoms with van der Waals surface area (Å²) in [4.78, 5) is 12.6. The molecule has 8 heteroatoms. The van der Waals surface area contributed by atoms with Crippen molar-refractivity contribution >= 4 is 29.2 Å². The minimum Gasteiger partial charge on any atom is -0.494 e. The van der Waals surface area contributed by atoms with Gasteiger partial charge in [-0.05, 0) is 54.4 Å². The molecule has 1 unspecified atom stereocenters. The number of hydrogen-bond acceptors (Lipinski definition) is 6. The highest BCUT2D eigenvalue weighted by molar-refractivity contribution is 6.42. The van der Waals surface area contributed by atoms with Crippen molar-refractivity contribution < 1.29 is 19.0 Å². The van der Waals surface area contributed by atoms with Gasteiger partial charge in [0.25, 0.3) is 0 Å². The Kier molecular flexibility index (Phi) is 6.97. The van der Waals surface area contributed by atoms with Gasteiger partial charge in [-0.25, -0.2) is 4.79 Å². The van der Waals surface area contributed by atoms with Crippen LogP contribution in [0.4, 0.5) is 0 Å². The number of fused-ring (bicyclic) bond motifs is 1. The van der Waals surface area contributed by atoms with Crippen LogP contribution in [0.15, 0.2) is 72.1 Å². The molecule has 6 nitrogen and oxygen atoms in total. The number of nitriles is 1. The molecule has 0 spiro atoms. The van der Waals surface area contributed by atoms with Crippen molar-refractivity contribution in [1.29, 1.82) is 5.26 Å². The Morgan fingerprint density at radius 1 is 1.06 bits per heavy atom. The monoisotopic (exact) mass is 494 g/mol. The maximum atomic E-state index is 12.6. The highest BCUT2D eigenvalue weighted by atomic mass is 35.5. The standard InChI is InChI=1S/C26H20Cl2N2O4/c1-2-11-32-17-6-3-15(4-7-17)26(31)33-18-8-9-19-23(13-18)34-25(30)20(14-29)24(19)16-5-10-21(27)22(28)12-16/h3-10,12-13,24H,2,11,30H2,1H3. The lowest BCUT2D eigenvalue weighted by atomic mass is 9.83. The molecule has 4 rings (SSSR count). The number of carbonyl (C=O) groups excluding carboxylic acids is 1. The molecule has 0 aromatic heterocycles. The predicted octanol–water partition coefficient (Wildman–Crippen LogP) is 6.22. The molecule has 1 aliphatic heterocycles. The summed E-state index contributed by atoms with van der Waals surface area (Å²) in [6.07, 6.45) is 0.895. The van der Waals surface area contributed by atoms with Gasteiger partial charge in [0.15, 0.2) is 0 Å². The zero-order valence-corrected chi connectivity index (χ0v) is 19.7. The van der Waals surface area contributed by atoms with Gasteiger partial charge >= 0.3 is 5.97 Å². The van der Waals surface area contributed by atoms with Gasteiger partial charge in [-0.15, -0.1) is 0 Å². The molecular weight excluding hydrogens is 475 g/mol. The van der Waals surface area contributed by atoms with Crippen molar-refractivity contribution in [3.8, 4) is 23.3 Å². The van der Waals surface area contributed by atoms with E-state index in [9.17, 15) is 10.1 Å². The number of allylic oxidation sites excluding steroid dienone is 1. The van der Waals surface area contributed by atoms with Crippen LogP contribution in [0.2, 0.25) is 10.0 Å². The summed E-state index contributed by atoms with van der Waals surface area (Å²) in [5.74, 6) is 0.267. The number of ether oxygens (including phenoxy) is 3. The Morgan fingerprint density at radius 3 is 2.47 bits per heavy atom. The molecular formula is C26H20Cl2N2O4. The highest BCUT2D eigenvalue weighted by Gasteiger charge is 2.31. The summed E-state index contributed by atoms with van der Waals surface area (Å²) in [6, 6.07) is 18.9. The molecule has 0 saturated carbocycles. The summed E-state index contributed by atoms with van der Waals surface area (Å²) < 4.78 is 16.8. The van der Waals surface area contributed by atoms with Crippen LogP contribution in [0.25, 0.3) is 0 Å². The lowest BCUT2D eigenvalue weighted by Gasteiger charge is -2.27. The van der Waals surface area contributed by atoms with Crippen LogP contribution in [0.1, 0.15) is 40.7 Å². The van der Waals surface area contributed by atoms with Gasteiger partial charge in [0.2, 0.25) is 5.88 Å². The summed E-state index contributed by atoms with van der Waals surface area (Å²) in [6.45, 7) is 2.62. The highest BCUT2D eigenvalue weighted by Crippen LogP contribution is 2.44. The van der Waals surface area contributed by atoms with Gasteiger partial charge in [-0.3, -0.25) is 0 Å². The van der Waals surface area contributed by atoms with Crippen LogP contribution in [-0.4, -0.2) is 12.6 Å². The summed E-state index contributed by atoms with van der Waals surface area (Å²) in [7, 11) is 0. The number of benzene rings is 3. The molecule has 0 amide bonds. The molecule has 0 saturated heterocycles. The van der Waals surface area contributed by atoms with Gasteiger partial charge in [0.1, 0.15) is 28.9 Å². The van der Waals surface area contributed by atoms with Crippen LogP contribution >= 0.6 is 23.2 Å². The van der Waals surface area contributed by atoms with E-state index in [1.165, 1.54) is 0 Å². The zero-order chi connectivity index (χ0) is 24.2. The number of hydrogen-bond donors (Lipinski definition) is 1. The fraction of sp³-hybridized carbons (Fsp3) is 0.154. The normalized spacial score (nSPS) is 14.6. The number of esters is 1. The summed E-state index contributed by atoms with van der Waals surface area (Å²) >= 11 is 12.3. The predicted molar refractivity (Wildman–Crippen MR) is 129 cm³/mol. The molecule has 2 N–H and O–H groups in total. The average Bonchev–Trinajstić information content (AvgIpc) is 2.83. The van der Waals surface area contributed by atoms with E-state index in [1.54, 1.807) is 60.7 Å². The first kappa shape index (κ1) is 23.5. The number of nitrogens with two attached hydrogens (primary N) is 1. The van der Waals surface area contributed by atoms with E-state index >= 15 is 0 Å². The van der Waals surface area contributed by atoms with E-state index in [0.717, 1.165) is 12.0 Å². The van der Waals surface area contributed by atoms with E-state index < -0.39 is 11.9 Å². The maximum Gasteiger partial charge on any atom is 0.343 e. The van der Waals surface area contributed by atoms with Crippen LogP contribution in [0.3, 0.4) is 0 Å². The number of carbonyl (C=O) groups is 1. The third-order valence-electron chi connectivity index (χ3n) is 5.24. The third-order valence-corrected chi connectivity index (χ3v) is 5.98. The summed E-state index contributed by atoms with van der Waals surface area (Å²) in [5, 5.41) is 10.5. The minimum atomic E-state index is -0.528. The van der Waals surface area contributed by atoms with Crippen molar-refractivity contribution in [3.63, 3.8) is 0 Å². The van der Waals surface area contributed by atoms with Gasteiger partial charge in [-0.1, -0.05) is 42.3 Å². The maximum absolute atomic E-state index is 12.6. The van der Waals surface area contributed by atoms with Gasteiger partial charge in [0, 0.05) is 11.6 Å². The first-order valence-corrected chi connectivity index (χ1v) is 11.3. The molecule has 3 aromatic rings. The zero-order valence-electron chi connectivity index (χ0n) is 18.2. The van der Waals surface area contributed by atoms with E-state index in [1.807, 2.05) is 6.92 Å². The molecule has 1 atom stereocenters. The third kappa shape index (κ3) is 4.81. The van der Waals surface area contributed by atoms with Crippen molar-refractivity contribution in [3.05, 3.63) is 98.9 Å². The lowest BCUT2D eigenvalue weighted by molar-refractivity contribution is 0.0734. The van der Waals surface area contributed by atoms with Crippen molar-refractivity contribution in [2.45, 2.75) is 19.3 Å². The second-order valence-corrected chi connectivity index (χ2v) is 8.37. The fourth-order valence-electron chi connectivity index (χ4n) is 3.61. The molecule has 34 heavy (non-hydrogen) atoms. The van der Waals surface area contributed by atoms with Crippen LogP contribution in [-0.2, 0) is 0 Å². The second-order valence-electron chi connectivity index (χ2n) is 7.56. The number of halogens is 2. The lowest BCUT2D eigenvalue weighted by Crippen LogP contribution is -2.21. The quantitative estimate of drug-likeness (QED) is 0.322. The molecule has 1 aliphatic rings. The van der Waals surface area contributed by atoms with Gasteiger partial charge < -0.3 is 19.9 Å². The second kappa shape index (κ2) is 10.1. The van der Waals surface area contributed by atoms with E-state index in [4.69, 9.17) is 43.1 Å². The molecule has 0 radical (unpaired) electrons. The molecule has 172 valence electrons. The fourth-order valence-corrected chi connectivity index (χ4v) is 3.91. The van der Waals surface area contributed by atoms with Gasteiger partial charge in [0.05, 0.1) is 28.1 Å². The first-order valence-electron chi connectivity index (χ1n) is 10.5. The molecule has 0 bridgehead atoms. The molecule has 3 aromatic carbocycles. The Hall–Kier alpha value is -3.66. The Bertz CT molecular complexity index is 1310.